The van der Waals surface area contributed by atoms with Crippen molar-refractivity contribution in [2.24, 2.45) is 11.1 Å². The van der Waals surface area contributed by atoms with E-state index in [1.54, 1.807) is 0 Å². The molecule has 0 saturated carbocycles. The van der Waals surface area contributed by atoms with Crippen molar-refractivity contribution in [3.63, 3.8) is 0 Å². The van der Waals surface area contributed by atoms with Crippen molar-refractivity contribution in [2.45, 2.75) is 12.8 Å². The van der Waals surface area contributed by atoms with Crippen molar-refractivity contribution in [1.82, 2.24) is 0 Å². The number of hydrogen-bond acceptors (Lipinski definition) is 3. The Hall–Kier alpha value is -0.590. The number of halogens is 3. The number of nitrogens with two attached hydrogens (primary N) is 1. The van der Waals surface area contributed by atoms with Crippen LogP contribution in [0.25, 0.3) is 0 Å². The average Bonchev–Trinajstić information content (AvgIpc) is 2.43. The van der Waals surface area contributed by atoms with E-state index in [2.05, 4.69) is 5.32 Å². The summed E-state index contributed by atoms with van der Waals surface area (Å²) in [4.78, 5) is 12.8. The van der Waals surface area contributed by atoms with E-state index in [0.717, 1.165) is 0 Å². The van der Waals surface area contributed by atoms with E-state index in [0.29, 0.717) is 36.8 Å². The Labute approximate surface area is 142 Å². The molecule has 1 aromatic rings. The van der Waals surface area contributed by atoms with E-state index in [-0.39, 0.29) is 20.9 Å². The molecule has 0 spiro atoms. The van der Waals surface area contributed by atoms with Crippen molar-refractivity contribution < 1.29 is 9.53 Å². The number of carbonyl (C=O) groups is 1. The first-order valence-electron chi connectivity index (χ1n) is 6.20. The van der Waals surface area contributed by atoms with Gasteiger partial charge in [-0.3, -0.25) is 4.79 Å². The maximum absolute atomic E-state index is 12.6. The fraction of sp³-hybridized carbons (Fsp3) is 0.385. The first-order valence-corrected chi connectivity index (χ1v) is 7.75. The van der Waals surface area contributed by atoms with Gasteiger partial charge in [0.15, 0.2) is 0 Å². The summed E-state index contributed by atoms with van der Waals surface area (Å²) in [7, 11) is 0. The molecule has 8 heteroatoms. The zero-order valence-electron chi connectivity index (χ0n) is 10.9. The lowest BCUT2D eigenvalue weighted by Gasteiger charge is -2.34. The topological polar surface area (TPSA) is 64.4 Å². The molecule has 4 nitrogen and oxygen atoms in total. The van der Waals surface area contributed by atoms with Crippen molar-refractivity contribution in [3.8, 4) is 0 Å². The van der Waals surface area contributed by atoms with E-state index in [4.69, 9.17) is 57.5 Å². The molecule has 0 unspecified atom stereocenters. The van der Waals surface area contributed by atoms with E-state index < -0.39 is 5.41 Å². The summed E-state index contributed by atoms with van der Waals surface area (Å²) in [6.45, 7) is 0.847. The minimum Gasteiger partial charge on any atom is -0.392 e. The number of amides is 1. The minimum absolute atomic E-state index is 0.143. The van der Waals surface area contributed by atoms with Crippen LogP contribution in [0.2, 0.25) is 15.1 Å². The van der Waals surface area contributed by atoms with E-state index in [9.17, 15) is 4.79 Å². The van der Waals surface area contributed by atoms with Gasteiger partial charge in [0.2, 0.25) is 5.91 Å². The standard InChI is InChI=1S/C13H13Cl3N2O2S/c14-7-5-8(15)10(9(16)6-7)18-12(19)13(11(17)21)1-3-20-4-2-13/h5-6H,1-4H2,(H2,17,21)(H,18,19). The van der Waals surface area contributed by atoms with E-state index in [1.807, 2.05) is 0 Å². The number of nitrogens with one attached hydrogen (secondary N) is 1. The summed E-state index contributed by atoms with van der Waals surface area (Å²) in [5.41, 5.74) is 5.14. The fourth-order valence-corrected chi connectivity index (χ4v) is 3.41. The number of benzene rings is 1. The average molecular weight is 368 g/mol. The molecule has 21 heavy (non-hydrogen) atoms. The van der Waals surface area contributed by atoms with Gasteiger partial charge in [0.05, 0.1) is 20.7 Å². The van der Waals surface area contributed by atoms with Gasteiger partial charge in [-0.1, -0.05) is 47.0 Å². The molecule has 1 saturated heterocycles. The Morgan fingerprint density at radius 2 is 1.76 bits per heavy atom. The lowest BCUT2D eigenvalue weighted by atomic mass is 9.79. The Balaban J connectivity index is 2.30. The second-order valence-electron chi connectivity index (χ2n) is 4.76. The Morgan fingerprint density at radius 3 is 2.24 bits per heavy atom. The quantitative estimate of drug-likeness (QED) is 0.800. The van der Waals surface area contributed by atoms with E-state index in [1.165, 1.54) is 12.1 Å². The minimum atomic E-state index is -0.945. The Bertz CT molecular complexity index is 566. The smallest absolute Gasteiger partial charge is 0.237 e. The number of hydrogen-bond donors (Lipinski definition) is 2. The molecule has 0 radical (unpaired) electrons. The van der Waals surface area contributed by atoms with Crippen molar-refractivity contribution in [1.29, 1.82) is 0 Å². The maximum atomic E-state index is 12.6. The highest BCUT2D eigenvalue weighted by molar-refractivity contribution is 7.80. The highest BCUT2D eigenvalue weighted by Crippen LogP contribution is 2.37. The van der Waals surface area contributed by atoms with Gasteiger partial charge in [0.25, 0.3) is 0 Å². The zero-order valence-corrected chi connectivity index (χ0v) is 14.0. The molecule has 1 aromatic carbocycles. The molecule has 1 heterocycles. The van der Waals surface area contributed by atoms with Crippen LogP contribution in [0, 0.1) is 5.41 Å². The van der Waals surface area contributed by atoms with Crippen LogP contribution < -0.4 is 11.1 Å². The molecular formula is C13H13Cl3N2O2S. The second kappa shape index (κ2) is 6.67. The number of carbonyl (C=O) groups excluding carboxylic acids is 1. The molecule has 1 amide bonds. The van der Waals surface area contributed by atoms with Gasteiger partial charge >= 0.3 is 0 Å². The molecule has 3 N–H and O–H groups in total. The predicted octanol–water partition coefficient (Wildman–Crippen LogP) is 3.67. The van der Waals surface area contributed by atoms with Crippen LogP contribution >= 0.6 is 47.0 Å². The third-order valence-electron chi connectivity index (χ3n) is 3.50. The fourth-order valence-electron chi connectivity index (χ4n) is 2.20. The normalized spacial score (nSPS) is 17.3. The number of rotatable bonds is 3. The van der Waals surface area contributed by atoms with Gasteiger partial charge in [0, 0.05) is 18.2 Å². The summed E-state index contributed by atoms with van der Waals surface area (Å²) < 4.78 is 5.27. The molecule has 1 aliphatic rings. The second-order valence-corrected chi connectivity index (χ2v) is 6.45. The van der Waals surface area contributed by atoms with Gasteiger partial charge in [-0.05, 0) is 25.0 Å². The molecule has 2 rings (SSSR count). The highest BCUT2D eigenvalue weighted by atomic mass is 35.5. The number of anilines is 1. The van der Waals surface area contributed by atoms with Crippen LogP contribution in [-0.2, 0) is 9.53 Å². The number of thiocarbonyl (C=S) groups is 1. The third-order valence-corrected chi connectivity index (χ3v) is 4.70. The van der Waals surface area contributed by atoms with Crippen molar-refractivity contribution in [3.05, 3.63) is 27.2 Å². The summed E-state index contributed by atoms with van der Waals surface area (Å²) in [6.07, 6.45) is 0.855. The largest absolute Gasteiger partial charge is 0.392 e. The Kier molecular flexibility index (Phi) is 5.33. The third kappa shape index (κ3) is 3.43. The molecule has 0 aliphatic carbocycles. The Morgan fingerprint density at radius 1 is 1.24 bits per heavy atom. The van der Waals surface area contributed by atoms with Crippen molar-refractivity contribution in [2.75, 3.05) is 18.5 Å². The molecule has 0 atom stereocenters. The summed E-state index contributed by atoms with van der Waals surface area (Å²) in [5.74, 6) is -0.329. The SMILES string of the molecule is NC(=S)C1(C(=O)Nc2c(Cl)cc(Cl)cc2Cl)CCOCC1. The maximum Gasteiger partial charge on any atom is 0.237 e. The van der Waals surface area contributed by atoms with Crippen LogP contribution in [0.1, 0.15) is 12.8 Å². The van der Waals surface area contributed by atoms with Gasteiger partial charge in [0.1, 0.15) is 5.41 Å². The van der Waals surface area contributed by atoms with Gasteiger partial charge < -0.3 is 15.8 Å². The highest BCUT2D eigenvalue weighted by Gasteiger charge is 2.43. The van der Waals surface area contributed by atoms with Crippen LogP contribution in [-0.4, -0.2) is 24.1 Å². The summed E-state index contributed by atoms with van der Waals surface area (Å²) in [6, 6.07) is 3.00. The van der Waals surface area contributed by atoms with Crippen LogP contribution in [0.3, 0.4) is 0 Å². The first kappa shape index (κ1) is 16.8. The van der Waals surface area contributed by atoms with Crippen molar-refractivity contribution >= 4 is 63.6 Å². The number of ether oxygens (including phenoxy) is 1. The summed E-state index contributed by atoms with van der Waals surface area (Å²) >= 11 is 23.1. The predicted molar refractivity (Wildman–Crippen MR) is 89.4 cm³/mol. The van der Waals surface area contributed by atoms with E-state index >= 15 is 0 Å². The zero-order chi connectivity index (χ0) is 15.6. The van der Waals surface area contributed by atoms with Gasteiger partial charge in [-0.2, -0.15) is 0 Å². The van der Waals surface area contributed by atoms with Crippen LogP contribution in [0.15, 0.2) is 12.1 Å². The molecule has 0 bridgehead atoms. The molecule has 1 aliphatic heterocycles. The first-order chi connectivity index (χ1) is 9.86. The van der Waals surface area contributed by atoms with Crippen LogP contribution in [0.4, 0.5) is 5.69 Å². The van der Waals surface area contributed by atoms with Gasteiger partial charge in [-0.25, -0.2) is 0 Å². The summed E-state index contributed by atoms with van der Waals surface area (Å²) in [5, 5.41) is 3.61. The van der Waals surface area contributed by atoms with Gasteiger partial charge in [-0.15, -0.1) is 0 Å². The lowest BCUT2D eigenvalue weighted by molar-refractivity contribution is -0.126. The molecule has 1 fully saturated rings. The monoisotopic (exact) mass is 366 g/mol. The van der Waals surface area contributed by atoms with Crippen LogP contribution in [0.5, 0.6) is 0 Å². The molecule has 114 valence electrons. The molecule has 0 aromatic heterocycles. The lowest BCUT2D eigenvalue weighted by Crippen LogP contribution is -2.49. The molecular weight excluding hydrogens is 355 g/mol.